The van der Waals surface area contributed by atoms with Crippen LogP contribution >= 0.6 is 46.8 Å². The van der Waals surface area contributed by atoms with E-state index in [1.165, 1.54) is 68.5 Å². The SMILES string of the molecule is CCCCCCCCCCCCOc1ccc(S(=O)(=O)Nc2cc(Cl)c(Cl)cc2Cl)cc1NC(=O)C(c1nc2ccc(SOOCC)cc2c(=O)n1OC)n1c(O)c(CCCC)oc1=O. The van der Waals surface area contributed by atoms with Crippen LogP contribution in [0.2, 0.25) is 15.1 Å². The van der Waals surface area contributed by atoms with E-state index in [2.05, 4.69) is 21.9 Å². The monoisotopic (exact) mass is 997 g/mol. The third kappa shape index (κ3) is 13.6. The molecule has 1 unspecified atom stereocenters. The lowest BCUT2D eigenvalue weighted by Crippen LogP contribution is -2.39. The van der Waals surface area contributed by atoms with Crippen molar-refractivity contribution in [2.75, 3.05) is 30.4 Å². The Labute approximate surface area is 397 Å². The smallest absolute Gasteiger partial charge is 0.423 e. The van der Waals surface area contributed by atoms with E-state index in [4.69, 9.17) is 58.0 Å². The molecule has 1 atom stereocenters. The number of rotatable bonds is 27. The number of nitrogens with zero attached hydrogens (tertiary/aromatic N) is 3. The van der Waals surface area contributed by atoms with Crippen molar-refractivity contribution in [1.29, 1.82) is 0 Å². The highest BCUT2D eigenvalue weighted by Gasteiger charge is 2.36. The number of carbonyl (C=O) groups is 1. The lowest BCUT2D eigenvalue weighted by atomic mass is 10.1. The van der Waals surface area contributed by atoms with Crippen molar-refractivity contribution in [2.24, 2.45) is 0 Å². The van der Waals surface area contributed by atoms with Gasteiger partial charge in [-0.25, -0.2) is 27.7 Å². The van der Waals surface area contributed by atoms with E-state index < -0.39 is 45.0 Å². The number of fused-ring (bicyclic) bond motifs is 1. The zero-order valence-corrected chi connectivity index (χ0v) is 40.5. The van der Waals surface area contributed by atoms with Gasteiger partial charge in [0.15, 0.2) is 17.6 Å². The number of unbranched alkanes of at least 4 members (excludes halogenated alkanes) is 10. The summed E-state index contributed by atoms with van der Waals surface area (Å²) in [5.41, 5.74) is -0.874. The van der Waals surface area contributed by atoms with Crippen molar-refractivity contribution in [3.63, 3.8) is 0 Å². The van der Waals surface area contributed by atoms with Crippen LogP contribution in [-0.2, 0) is 30.5 Å². The maximum atomic E-state index is 14.9. The molecule has 0 saturated carbocycles. The number of anilines is 2. The van der Waals surface area contributed by atoms with Gasteiger partial charge >= 0.3 is 5.76 Å². The van der Waals surface area contributed by atoms with E-state index in [9.17, 15) is 27.9 Å². The minimum atomic E-state index is -4.43. The summed E-state index contributed by atoms with van der Waals surface area (Å²) in [7, 11) is -3.27. The number of hydrogen-bond donors (Lipinski definition) is 3. The fraction of sp³-hybridized carbons (Fsp3) is 0.455. The Bertz CT molecular complexity index is 2640. The summed E-state index contributed by atoms with van der Waals surface area (Å²) in [5, 5.41) is 14.4. The predicted octanol–water partition coefficient (Wildman–Crippen LogP) is 10.5. The van der Waals surface area contributed by atoms with E-state index in [0.29, 0.717) is 33.5 Å². The fourth-order valence-electron chi connectivity index (χ4n) is 6.85. The van der Waals surface area contributed by atoms with Crippen LogP contribution < -0.4 is 30.9 Å². The van der Waals surface area contributed by atoms with Gasteiger partial charge < -0.3 is 24.4 Å². The first kappa shape index (κ1) is 51.6. The van der Waals surface area contributed by atoms with E-state index in [1.807, 2.05) is 6.92 Å². The fourth-order valence-corrected chi connectivity index (χ4v) is 9.11. The second-order valence-electron chi connectivity index (χ2n) is 15.0. The Balaban J connectivity index is 1.55. The molecule has 0 aliphatic heterocycles. The van der Waals surface area contributed by atoms with Gasteiger partial charge in [0, 0.05) is 11.3 Å². The molecule has 65 heavy (non-hydrogen) atoms. The summed E-state index contributed by atoms with van der Waals surface area (Å²) in [6, 6.07) is 8.98. The van der Waals surface area contributed by atoms with Gasteiger partial charge in [0.05, 0.1) is 67.5 Å². The zero-order chi connectivity index (χ0) is 47.1. The van der Waals surface area contributed by atoms with Crippen LogP contribution in [0.3, 0.4) is 0 Å². The molecule has 16 nitrogen and oxygen atoms in total. The molecule has 21 heteroatoms. The molecule has 3 aromatic carbocycles. The molecule has 3 N–H and O–H groups in total. The van der Waals surface area contributed by atoms with E-state index in [0.717, 1.165) is 50.9 Å². The average molecular weight is 999 g/mol. The molecule has 0 aliphatic rings. The van der Waals surface area contributed by atoms with Crippen LogP contribution in [0.1, 0.15) is 115 Å². The first-order chi connectivity index (χ1) is 31.2. The normalized spacial score (nSPS) is 12.1. The van der Waals surface area contributed by atoms with Crippen LogP contribution in [0, 0.1) is 0 Å². The predicted molar refractivity (Wildman–Crippen MR) is 253 cm³/mol. The van der Waals surface area contributed by atoms with Crippen molar-refractivity contribution < 1.29 is 41.5 Å². The van der Waals surface area contributed by atoms with E-state index in [-0.39, 0.29) is 73.4 Å². The van der Waals surface area contributed by atoms with Crippen molar-refractivity contribution in [3.8, 4) is 11.6 Å². The number of halogens is 3. The third-order valence-electron chi connectivity index (χ3n) is 10.2. The number of aromatic nitrogens is 3. The molecule has 5 rings (SSSR count). The number of hydrogen-bond acceptors (Lipinski definition) is 13. The summed E-state index contributed by atoms with van der Waals surface area (Å²) in [6.45, 7) is 6.35. The van der Waals surface area contributed by atoms with Gasteiger partial charge in [-0.1, -0.05) is 113 Å². The molecule has 0 spiro atoms. The molecule has 0 fully saturated rings. The Morgan fingerprint density at radius 3 is 2.22 bits per heavy atom. The van der Waals surface area contributed by atoms with Crippen LogP contribution in [0.5, 0.6) is 11.6 Å². The van der Waals surface area contributed by atoms with Gasteiger partial charge in [0.25, 0.3) is 21.5 Å². The number of sulfonamides is 1. The van der Waals surface area contributed by atoms with Gasteiger partial charge in [-0.3, -0.25) is 14.3 Å². The van der Waals surface area contributed by atoms with Gasteiger partial charge in [-0.15, -0.1) is 4.73 Å². The van der Waals surface area contributed by atoms with Crippen molar-refractivity contribution in [2.45, 2.75) is 120 Å². The molecule has 354 valence electrons. The second-order valence-corrected chi connectivity index (χ2v) is 18.7. The van der Waals surface area contributed by atoms with Gasteiger partial charge in [-0.2, -0.15) is 4.33 Å². The minimum absolute atomic E-state index is 0.0275. The molecule has 0 radical (unpaired) electrons. The Kier molecular flexibility index (Phi) is 19.8. The van der Waals surface area contributed by atoms with Gasteiger partial charge in [0.1, 0.15) is 12.9 Å². The van der Waals surface area contributed by atoms with Crippen molar-refractivity contribution >= 4 is 85.1 Å². The molecule has 0 saturated heterocycles. The van der Waals surface area contributed by atoms with E-state index in [1.54, 1.807) is 13.0 Å². The Morgan fingerprint density at radius 2 is 1.54 bits per heavy atom. The maximum absolute atomic E-state index is 14.9. The number of oxazole rings is 1. The first-order valence-corrected chi connectivity index (χ1v) is 24.9. The lowest BCUT2D eigenvalue weighted by molar-refractivity contribution is -0.185. The molecular weight excluding hydrogens is 945 g/mol. The average Bonchev–Trinajstić information content (AvgIpc) is 3.55. The topological polar surface area (TPSA) is 202 Å². The Hall–Kier alpha value is -4.43. The Morgan fingerprint density at radius 1 is 0.862 bits per heavy atom. The number of amides is 1. The van der Waals surface area contributed by atoms with Crippen LogP contribution in [0.25, 0.3) is 10.9 Å². The lowest BCUT2D eigenvalue weighted by Gasteiger charge is -2.22. The maximum Gasteiger partial charge on any atom is 0.423 e. The van der Waals surface area contributed by atoms with Gasteiger partial charge in [0.2, 0.25) is 5.88 Å². The summed E-state index contributed by atoms with van der Waals surface area (Å²) in [5.74, 6) is -3.32. The molecule has 2 heterocycles. The summed E-state index contributed by atoms with van der Waals surface area (Å²) < 4.78 is 48.2. The third-order valence-corrected chi connectivity index (χ3v) is 13.2. The molecule has 2 aromatic heterocycles. The standard InChI is InChI=1S/C44H54Cl3N5O11S2/c1-5-8-10-11-12-13-14-15-16-17-23-60-37-22-20-29(65(57,58)50-35-27-32(46)31(45)26-33(35)47)25-36(37)49-41(53)39(51-43(55)38(18-9-6-2)62-44(51)56)40-48-34-21-19-28(64-63-61-7-3)24-30(34)42(54)52(40)59-4/h19-22,24-27,39,50,55H,5-18,23H2,1-4H3,(H,49,53). The largest absolute Gasteiger partial charge is 0.492 e. The number of nitrogens with one attached hydrogen (secondary N) is 2. The molecular formula is C44H54Cl3N5O11S2. The van der Waals surface area contributed by atoms with Crippen LogP contribution in [-0.4, -0.2) is 54.0 Å². The highest BCUT2D eigenvalue weighted by Crippen LogP contribution is 2.36. The quantitative estimate of drug-likeness (QED) is 0.0148. The molecule has 5 aromatic rings. The number of benzene rings is 3. The summed E-state index contributed by atoms with van der Waals surface area (Å²) >= 11 is 19.4. The molecule has 1 amide bonds. The number of aromatic hydroxyl groups is 1. The first-order valence-electron chi connectivity index (χ1n) is 21.5. The number of aryl methyl sites for hydroxylation is 1. The summed E-state index contributed by atoms with van der Waals surface area (Å²) in [6.07, 6.45) is 12.3. The highest BCUT2D eigenvalue weighted by atomic mass is 35.5. The summed E-state index contributed by atoms with van der Waals surface area (Å²) in [4.78, 5) is 57.9. The van der Waals surface area contributed by atoms with Crippen LogP contribution in [0.4, 0.5) is 11.4 Å². The molecule has 0 aliphatic carbocycles. The number of ether oxygens (including phenoxy) is 1. The van der Waals surface area contributed by atoms with Crippen LogP contribution in [0.15, 0.2) is 72.3 Å². The molecule has 0 bridgehead atoms. The van der Waals surface area contributed by atoms with Gasteiger partial charge in [-0.05, 0) is 68.3 Å². The van der Waals surface area contributed by atoms with E-state index >= 15 is 0 Å². The second kappa shape index (κ2) is 24.9. The zero-order valence-electron chi connectivity index (χ0n) is 36.6. The van der Waals surface area contributed by atoms with Crippen molar-refractivity contribution in [3.05, 3.63) is 96.1 Å². The number of carbonyl (C=O) groups excluding carboxylic acids is 1. The highest BCUT2D eigenvalue weighted by molar-refractivity contribution is 7.94. The minimum Gasteiger partial charge on any atom is -0.492 e. The van der Waals surface area contributed by atoms with Crippen molar-refractivity contribution in [1.82, 2.24) is 14.3 Å².